The molecule has 0 radical (unpaired) electrons. The Morgan fingerprint density at radius 1 is 1.06 bits per heavy atom. The summed E-state index contributed by atoms with van der Waals surface area (Å²) in [5, 5.41) is 49.9. The quantitative estimate of drug-likeness (QED) is 0.488. The molecule has 0 spiro atoms. The van der Waals surface area contributed by atoms with Crippen LogP contribution in [0.4, 0.5) is 0 Å². The van der Waals surface area contributed by atoms with Crippen molar-refractivity contribution in [3.8, 4) is 5.75 Å². The lowest BCUT2D eigenvalue weighted by Crippen LogP contribution is -2.60. The van der Waals surface area contributed by atoms with E-state index in [0.29, 0.717) is 23.5 Å². The van der Waals surface area contributed by atoms with Gasteiger partial charge in [-0.25, -0.2) is 0 Å². The fourth-order valence-electron chi connectivity index (χ4n) is 7.09. The summed E-state index contributed by atoms with van der Waals surface area (Å²) in [5.41, 5.74) is 2.61. The minimum atomic E-state index is -1.41. The first-order valence-electron chi connectivity index (χ1n) is 11.6. The summed E-state index contributed by atoms with van der Waals surface area (Å²) in [4.78, 5) is 0. The maximum Gasteiger partial charge on any atom is 0.186 e. The Morgan fingerprint density at radius 2 is 1.87 bits per heavy atom. The average molecular weight is 435 g/mol. The summed E-state index contributed by atoms with van der Waals surface area (Å²) < 4.78 is 11.9. The first-order chi connectivity index (χ1) is 14.8. The number of aryl methyl sites for hydroxylation is 1. The molecule has 7 heteroatoms. The fraction of sp³-hybridized carbons (Fsp3) is 0.750. The molecule has 0 bridgehead atoms. The van der Waals surface area contributed by atoms with Gasteiger partial charge in [0.05, 0.1) is 12.7 Å². The lowest BCUT2D eigenvalue weighted by atomic mass is 9.55. The van der Waals surface area contributed by atoms with E-state index in [2.05, 4.69) is 13.0 Å². The lowest BCUT2D eigenvalue weighted by Gasteiger charge is -2.51. The van der Waals surface area contributed by atoms with Gasteiger partial charge in [-0.15, -0.1) is 0 Å². The average Bonchev–Trinajstić information content (AvgIpc) is 3.09. The van der Waals surface area contributed by atoms with E-state index in [1.807, 2.05) is 6.07 Å². The van der Waals surface area contributed by atoms with E-state index < -0.39 is 37.3 Å². The van der Waals surface area contributed by atoms with Crippen LogP contribution in [0.5, 0.6) is 5.75 Å². The van der Waals surface area contributed by atoms with E-state index in [1.165, 1.54) is 11.1 Å². The van der Waals surface area contributed by atoms with Gasteiger partial charge in [-0.3, -0.25) is 0 Å². The Kier molecular flexibility index (Phi) is 5.56. The lowest BCUT2D eigenvalue weighted by molar-refractivity contribution is -0.319. The van der Waals surface area contributed by atoms with Crippen molar-refractivity contribution in [1.82, 2.24) is 0 Å². The summed E-state index contributed by atoms with van der Waals surface area (Å²) >= 11 is 0. The van der Waals surface area contributed by atoms with Crippen LogP contribution in [0.1, 0.15) is 56.1 Å². The van der Waals surface area contributed by atoms with Crippen molar-refractivity contribution in [2.45, 2.75) is 88.2 Å². The number of aliphatic hydroxyl groups excluding tert-OH is 4. The molecule has 1 aromatic rings. The molecule has 1 saturated heterocycles. The normalized spacial score (nSPS) is 46.8. The number of benzene rings is 1. The zero-order valence-electron chi connectivity index (χ0n) is 17.9. The van der Waals surface area contributed by atoms with Gasteiger partial charge in [0.15, 0.2) is 6.29 Å². The van der Waals surface area contributed by atoms with Crippen LogP contribution in [0.25, 0.3) is 0 Å². The third-order valence-electron chi connectivity index (χ3n) is 8.77. The van der Waals surface area contributed by atoms with Crippen molar-refractivity contribution in [1.29, 1.82) is 0 Å². The Labute approximate surface area is 182 Å². The van der Waals surface area contributed by atoms with Crippen molar-refractivity contribution >= 4 is 0 Å². The predicted molar refractivity (Wildman–Crippen MR) is 111 cm³/mol. The molecule has 7 nitrogen and oxygen atoms in total. The standard InChI is InChI=1S/C24H34O7/c1-24-9-8-15-14-5-3-13(26)10-12(14)2-4-16(15)17(24)6-7-19(24)31-23-22(29)21(28)20(27)18(11-25)30-23/h3,5,10,15-23,25-29H,2,4,6-9,11H2,1H3. The zero-order chi connectivity index (χ0) is 21.9. The Balaban J connectivity index is 1.33. The molecule has 3 aliphatic carbocycles. The summed E-state index contributed by atoms with van der Waals surface area (Å²) in [6, 6.07) is 5.81. The minimum absolute atomic E-state index is 0.0472. The van der Waals surface area contributed by atoms with E-state index in [-0.39, 0.29) is 11.5 Å². The van der Waals surface area contributed by atoms with E-state index in [1.54, 1.807) is 6.07 Å². The Hall–Kier alpha value is -1.22. The van der Waals surface area contributed by atoms with Gasteiger partial charge >= 0.3 is 0 Å². The van der Waals surface area contributed by atoms with Crippen LogP contribution in [0.3, 0.4) is 0 Å². The van der Waals surface area contributed by atoms with E-state index in [4.69, 9.17) is 9.47 Å². The molecule has 4 aliphatic rings. The van der Waals surface area contributed by atoms with Gasteiger partial charge in [0, 0.05) is 0 Å². The highest BCUT2D eigenvalue weighted by Gasteiger charge is 2.57. The highest BCUT2D eigenvalue weighted by molar-refractivity contribution is 5.40. The van der Waals surface area contributed by atoms with Crippen molar-refractivity contribution in [2.75, 3.05) is 6.61 Å². The number of aromatic hydroxyl groups is 1. The molecule has 1 aliphatic heterocycles. The number of fused-ring (bicyclic) bond motifs is 5. The molecule has 0 amide bonds. The Morgan fingerprint density at radius 3 is 2.65 bits per heavy atom. The minimum Gasteiger partial charge on any atom is -0.508 e. The van der Waals surface area contributed by atoms with Crippen molar-refractivity contribution in [2.24, 2.45) is 17.3 Å². The van der Waals surface area contributed by atoms with Crippen molar-refractivity contribution in [3.05, 3.63) is 29.3 Å². The molecular weight excluding hydrogens is 400 g/mol. The van der Waals surface area contributed by atoms with Gasteiger partial charge in [-0.2, -0.15) is 0 Å². The maximum absolute atomic E-state index is 10.4. The third-order valence-corrected chi connectivity index (χ3v) is 8.77. The molecule has 5 N–H and O–H groups in total. The molecule has 2 saturated carbocycles. The van der Waals surface area contributed by atoms with Gasteiger partial charge in [-0.1, -0.05) is 13.0 Å². The number of phenols is 1. The molecule has 0 aromatic heterocycles. The summed E-state index contributed by atoms with van der Waals surface area (Å²) in [5.74, 6) is 1.92. The third kappa shape index (κ3) is 3.41. The smallest absolute Gasteiger partial charge is 0.186 e. The molecule has 31 heavy (non-hydrogen) atoms. The Bertz CT molecular complexity index is 813. The first kappa shape index (κ1) is 21.6. The predicted octanol–water partition coefficient (Wildman–Crippen LogP) is 1.43. The molecule has 5 rings (SSSR count). The van der Waals surface area contributed by atoms with Gasteiger partial charge in [0.2, 0.25) is 0 Å². The monoisotopic (exact) mass is 434 g/mol. The van der Waals surface area contributed by atoms with E-state index in [9.17, 15) is 25.5 Å². The summed E-state index contributed by atoms with van der Waals surface area (Å²) in [6.07, 6.45) is -0.206. The zero-order valence-corrected chi connectivity index (χ0v) is 17.9. The van der Waals surface area contributed by atoms with Crippen LogP contribution in [0, 0.1) is 17.3 Å². The number of phenolic OH excluding ortho intramolecular Hbond substituents is 1. The van der Waals surface area contributed by atoms with Crippen LogP contribution in [-0.2, 0) is 15.9 Å². The summed E-state index contributed by atoms with van der Waals surface area (Å²) in [7, 11) is 0. The SMILES string of the molecule is CC12CCC3c4ccc(O)cc4CCC3C1CCC2OC1OC(CO)C(O)C(O)C1O. The molecule has 1 heterocycles. The molecule has 10 atom stereocenters. The molecular formula is C24H34O7. The van der Waals surface area contributed by atoms with Crippen LogP contribution in [-0.4, -0.2) is 68.9 Å². The van der Waals surface area contributed by atoms with Gasteiger partial charge in [0.25, 0.3) is 0 Å². The first-order valence-corrected chi connectivity index (χ1v) is 11.6. The second kappa shape index (κ2) is 7.97. The highest BCUT2D eigenvalue weighted by Crippen LogP contribution is 2.61. The number of hydrogen-bond donors (Lipinski definition) is 5. The van der Waals surface area contributed by atoms with Crippen LogP contribution in [0.2, 0.25) is 0 Å². The van der Waals surface area contributed by atoms with Crippen LogP contribution < -0.4 is 0 Å². The number of ether oxygens (including phenoxy) is 2. The van der Waals surface area contributed by atoms with Crippen LogP contribution in [0.15, 0.2) is 18.2 Å². The van der Waals surface area contributed by atoms with Gasteiger partial charge < -0.3 is 35.0 Å². The number of hydrogen-bond acceptors (Lipinski definition) is 7. The maximum atomic E-state index is 10.4. The topological polar surface area (TPSA) is 120 Å². The van der Waals surface area contributed by atoms with Gasteiger partial charge in [0.1, 0.15) is 30.2 Å². The fourth-order valence-corrected chi connectivity index (χ4v) is 7.09. The number of aliphatic hydroxyl groups is 4. The molecule has 3 fully saturated rings. The largest absolute Gasteiger partial charge is 0.508 e. The van der Waals surface area contributed by atoms with E-state index in [0.717, 1.165) is 38.5 Å². The molecule has 172 valence electrons. The second-order valence-electron chi connectivity index (χ2n) is 10.2. The van der Waals surface area contributed by atoms with Crippen molar-refractivity contribution < 1.29 is 35.0 Å². The second-order valence-corrected chi connectivity index (χ2v) is 10.2. The van der Waals surface area contributed by atoms with Crippen molar-refractivity contribution in [3.63, 3.8) is 0 Å². The number of rotatable bonds is 3. The van der Waals surface area contributed by atoms with E-state index >= 15 is 0 Å². The molecule has 10 unspecified atom stereocenters. The summed E-state index contributed by atoms with van der Waals surface area (Å²) in [6.45, 7) is 1.83. The van der Waals surface area contributed by atoms with Crippen LogP contribution >= 0.6 is 0 Å². The highest BCUT2D eigenvalue weighted by atomic mass is 16.7. The van der Waals surface area contributed by atoms with Gasteiger partial charge in [-0.05, 0) is 85.0 Å². The molecule has 1 aromatic carbocycles.